The fourth-order valence-electron chi connectivity index (χ4n) is 3.86. The molecule has 0 saturated carbocycles. The summed E-state index contributed by atoms with van der Waals surface area (Å²) in [6, 6.07) is 24.3. The van der Waals surface area contributed by atoms with Gasteiger partial charge in [0.25, 0.3) is 5.91 Å². The van der Waals surface area contributed by atoms with E-state index in [4.69, 9.17) is 11.6 Å². The molecular weight excluding hydrogens is 410 g/mol. The van der Waals surface area contributed by atoms with Crippen LogP contribution in [0.1, 0.15) is 22.0 Å². The highest BCUT2D eigenvalue weighted by Crippen LogP contribution is 2.29. The molecule has 0 radical (unpaired) electrons. The van der Waals surface area contributed by atoms with Gasteiger partial charge in [-0.25, -0.2) is 0 Å². The van der Waals surface area contributed by atoms with Crippen molar-refractivity contribution in [1.82, 2.24) is 9.88 Å². The fraction of sp³-hybridized carbons (Fsp3) is 0.160. The lowest BCUT2D eigenvalue weighted by Crippen LogP contribution is -2.33. The number of likely N-dealkylation sites (N-methyl/N-ethyl adjacent to an activating group) is 1. The number of fused-ring (bicyclic) bond motifs is 1. The highest BCUT2D eigenvalue weighted by Gasteiger charge is 2.23. The summed E-state index contributed by atoms with van der Waals surface area (Å²) in [5.74, 6) is -0.215. The van der Waals surface area contributed by atoms with Crippen LogP contribution in [-0.4, -0.2) is 35.3 Å². The monoisotopic (exact) mass is 433 g/mol. The van der Waals surface area contributed by atoms with Gasteiger partial charge in [0.1, 0.15) is 0 Å². The first-order valence-electron chi connectivity index (χ1n) is 10.1. The van der Waals surface area contributed by atoms with Crippen molar-refractivity contribution in [2.45, 2.75) is 12.1 Å². The minimum Gasteiger partial charge on any atom is -0.389 e. The first-order chi connectivity index (χ1) is 15.1. The first-order valence-corrected chi connectivity index (χ1v) is 10.5. The van der Waals surface area contributed by atoms with Gasteiger partial charge in [0.15, 0.2) is 0 Å². The van der Waals surface area contributed by atoms with Gasteiger partial charge in [0.05, 0.1) is 12.1 Å². The third kappa shape index (κ3) is 4.64. The van der Waals surface area contributed by atoms with Gasteiger partial charge >= 0.3 is 0 Å². The van der Waals surface area contributed by atoms with E-state index in [9.17, 15) is 9.90 Å². The van der Waals surface area contributed by atoms with Crippen LogP contribution in [0.25, 0.3) is 10.9 Å². The van der Waals surface area contributed by atoms with E-state index in [1.165, 1.54) is 0 Å². The van der Waals surface area contributed by atoms with E-state index in [1.807, 2.05) is 67.8 Å². The number of benzene rings is 3. The molecule has 6 heteroatoms. The molecule has 0 fully saturated rings. The smallest absolute Gasteiger partial charge is 0.255 e. The van der Waals surface area contributed by atoms with E-state index in [0.29, 0.717) is 22.8 Å². The lowest BCUT2D eigenvalue weighted by molar-refractivity contribution is 0.102. The number of nitrogens with zero attached hydrogens (tertiary/aromatic N) is 1. The van der Waals surface area contributed by atoms with Gasteiger partial charge < -0.3 is 20.3 Å². The number of hydrogen-bond donors (Lipinski definition) is 3. The summed E-state index contributed by atoms with van der Waals surface area (Å²) in [4.78, 5) is 12.5. The predicted octanol–water partition coefficient (Wildman–Crippen LogP) is 4.72. The zero-order chi connectivity index (χ0) is 21.8. The Bertz CT molecular complexity index is 1190. The molecule has 0 saturated heterocycles. The molecule has 0 aliphatic heterocycles. The minimum absolute atomic E-state index is 0.215. The molecule has 1 amide bonds. The Kier molecular flexibility index (Phi) is 6.37. The van der Waals surface area contributed by atoms with Gasteiger partial charge in [-0.15, -0.1) is 0 Å². The number of aliphatic hydroxyl groups is 1. The Labute approximate surface area is 186 Å². The van der Waals surface area contributed by atoms with Crippen molar-refractivity contribution in [2.75, 3.05) is 18.9 Å². The molecule has 0 spiro atoms. The second-order valence-electron chi connectivity index (χ2n) is 7.44. The van der Waals surface area contributed by atoms with Crippen LogP contribution in [0.2, 0.25) is 5.02 Å². The summed E-state index contributed by atoms with van der Waals surface area (Å²) in [7, 11) is 1.83. The summed E-state index contributed by atoms with van der Waals surface area (Å²) < 4.78 is 2.08. The van der Waals surface area contributed by atoms with E-state index < -0.39 is 6.10 Å². The largest absolute Gasteiger partial charge is 0.389 e. The Morgan fingerprint density at radius 1 is 1.03 bits per heavy atom. The maximum Gasteiger partial charge on any atom is 0.255 e. The summed E-state index contributed by atoms with van der Waals surface area (Å²) in [6.45, 7) is 0.465. The molecule has 0 aliphatic carbocycles. The molecule has 4 rings (SSSR count). The van der Waals surface area contributed by atoms with E-state index >= 15 is 0 Å². The topological polar surface area (TPSA) is 66.3 Å². The van der Waals surface area contributed by atoms with Gasteiger partial charge in [0, 0.05) is 39.9 Å². The standard InChI is InChI=1S/C25H24ClN3O2/c1-27-16-23(30)24(17-6-3-2-4-7-17)29-13-12-18-15-21(10-11-22(18)29)28-25(31)19-8-5-9-20(26)14-19/h2-15,23-24,27,30H,16H2,1H3,(H,28,31). The molecule has 2 unspecified atom stereocenters. The number of rotatable bonds is 7. The van der Waals surface area contributed by atoms with Crippen LogP contribution in [-0.2, 0) is 0 Å². The third-order valence-electron chi connectivity index (χ3n) is 5.28. The van der Waals surface area contributed by atoms with Crippen molar-refractivity contribution >= 4 is 34.1 Å². The zero-order valence-corrected chi connectivity index (χ0v) is 17.9. The van der Waals surface area contributed by atoms with E-state index in [2.05, 4.69) is 15.2 Å². The second kappa shape index (κ2) is 9.35. The van der Waals surface area contributed by atoms with E-state index in [-0.39, 0.29) is 11.9 Å². The second-order valence-corrected chi connectivity index (χ2v) is 7.88. The predicted molar refractivity (Wildman–Crippen MR) is 126 cm³/mol. The number of anilines is 1. The number of carbonyl (C=O) groups is 1. The summed E-state index contributed by atoms with van der Waals surface area (Å²) in [5.41, 5.74) is 3.21. The molecular formula is C25H24ClN3O2. The molecule has 158 valence electrons. The number of aliphatic hydroxyl groups excluding tert-OH is 1. The van der Waals surface area contributed by atoms with Crippen molar-refractivity contribution in [1.29, 1.82) is 0 Å². The molecule has 31 heavy (non-hydrogen) atoms. The lowest BCUT2D eigenvalue weighted by atomic mass is 10.0. The van der Waals surface area contributed by atoms with Crippen molar-refractivity contribution in [3.63, 3.8) is 0 Å². The number of nitrogens with one attached hydrogen (secondary N) is 2. The minimum atomic E-state index is -0.606. The zero-order valence-electron chi connectivity index (χ0n) is 17.1. The molecule has 2 atom stereocenters. The molecule has 1 aromatic heterocycles. The van der Waals surface area contributed by atoms with Crippen LogP contribution < -0.4 is 10.6 Å². The number of halogens is 1. The van der Waals surface area contributed by atoms with E-state index in [1.54, 1.807) is 24.3 Å². The fourth-order valence-corrected chi connectivity index (χ4v) is 4.05. The van der Waals surface area contributed by atoms with Crippen molar-refractivity contribution in [3.8, 4) is 0 Å². The Morgan fingerprint density at radius 3 is 2.58 bits per heavy atom. The van der Waals surface area contributed by atoms with Crippen LogP contribution >= 0.6 is 11.6 Å². The van der Waals surface area contributed by atoms with Crippen LogP contribution in [0.4, 0.5) is 5.69 Å². The number of carbonyl (C=O) groups excluding carboxylic acids is 1. The van der Waals surface area contributed by atoms with Gasteiger partial charge in [-0.05, 0) is 55.1 Å². The van der Waals surface area contributed by atoms with Crippen LogP contribution in [0.3, 0.4) is 0 Å². The Balaban J connectivity index is 1.65. The molecule has 0 bridgehead atoms. The normalized spacial score (nSPS) is 13.1. The SMILES string of the molecule is CNCC(O)C(c1ccccc1)n1ccc2cc(NC(=O)c3cccc(Cl)c3)ccc21. The third-order valence-corrected chi connectivity index (χ3v) is 5.52. The number of amides is 1. The van der Waals surface area contributed by atoms with Gasteiger partial charge in [-0.3, -0.25) is 4.79 Å². The highest BCUT2D eigenvalue weighted by atomic mass is 35.5. The maximum absolute atomic E-state index is 12.5. The lowest BCUT2D eigenvalue weighted by Gasteiger charge is -2.26. The quantitative estimate of drug-likeness (QED) is 0.395. The van der Waals surface area contributed by atoms with Crippen LogP contribution in [0.15, 0.2) is 85.1 Å². The van der Waals surface area contributed by atoms with Crippen molar-refractivity contribution in [3.05, 3.63) is 101 Å². The first kappa shape index (κ1) is 21.1. The van der Waals surface area contributed by atoms with Crippen LogP contribution in [0, 0.1) is 0 Å². The molecule has 4 aromatic rings. The van der Waals surface area contributed by atoms with Gasteiger partial charge in [-0.1, -0.05) is 48.0 Å². The average molecular weight is 434 g/mol. The highest BCUT2D eigenvalue weighted by molar-refractivity contribution is 6.31. The van der Waals surface area contributed by atoms with Crippen LogP contribution in [0.5, 0.6) is 0 Å². The van der Waals surface area contributed by atoms with Gasteiger partial charge in [-0.2, -0.15) is 0 Å². The maximum atomic E-state index is 12.5. The van der Waals surface area contributed by atoms with Gasteiger partial charge in [0.2, 0.25) is 0 Å². The molecule has 3 aromatic carbocycles. The van der Waals surface area contributed by atoms with Crippen molar-refractivity contribution in [2.24, 2.45) is 0 Å². The number of hydrogen-bond acceptors (Lipinski definition) is 3. The van der Waals surface area contributed by atoms with E-state index in [0.717, 1.165) is 16.5 Å². The molecule has 0 aliphatic rings. The molecule has 5 nitrogen and oxygen atoms in total. The molecule has 1 heterocycles. The number of aromatic nitrogens is 1. The average Bonchev–Trinajstić information content (AvgIpc) is 3.18. The summed E-state index contributed by atoms with van der Waals surface area (Å²) >= 11 is 5.99. The summed E-state index contributed by atoms with van der Waals surface area (Å²) in [5, 5.41) is 18.3. The molecule has 3 N–H and O–H groups in total. The Morgan fingerprint density at radius 2 is 1.84 bits per heavy atom. The summed E-state index contributed by atoms with van der Waals surface area (Å²) in [6.07, 6.45) is 1.37. The Hall–Kier alpha value is -3.12. The van der Waals surface area contributed by atoms with Crippen molar-refractivity contribution < 1.29 is 9.90 Å².